The lowest BCUT2D eigenvalue weighted by atomic mass is 9.89. The summed E-state index contributed by atoms with van der Waals surface area (Å²) in [6.45, 7) is 0.758. The lowest BCUT2D eigenvalue weighted by Gasteiger charge is -2.21. The van der Waals surface area contributed by atoms with E-state index in [9.17, 15) is 9.59 Å². The Morgan fingerprint density at radius 1 is 1.16 bits per heavy atom. The normalized spacial score (nSPS) is 15.0. The van der Waals surface area contributed by atoms with Crippen LogP contribution in [0, 0.1) is 5.92 Å². The number of benzene rings is 1. The highest BCUT2D eigenvalue weighted by Crippen LogP contribution is 2.22. The second-order valence-corrected chi connectivity index (χ2v) is 6.39. The molecular formula is C17H22N6O2. The van der Waals surface area contributed by atoms with Crippen LogP contribution in [0.4, 0.5) is 0 Å². The highest BCUT2D eigenvalue weighted by molar-refractivity contribution is 5.93. The minimum atomic E-state index is -0.488. The van der Waals surface area contributed by atoms with Crippen LogP contribution < -0.4 is 11.1 Å². The van der Waals surface area contributed by atoms with Crippen molar-refractivity contribution in [2.24, 2.45) is 11.7 Å². The number of rotatable bonds is 6. The smallest absolute Gasteiger partial charge is 0.248 e. The predicted molar refractivity (Wildman–Crippen MR) is 91.4 cm³/mol. The molecule has 0 spiro atoms. The number of carbonyl (C=O) groups excluding carboxylic acids is 2. The first kappa shape index (κ1) is 17.1. The molecule has 25 heavy (non-hydrogen) atoms. The van der Waals surface area contributed by atoms with Crippen LogP contribution in [0.3, 0.4) is 0 Å². The summed E-state index contributed by atoms with van der Waals surface area (Å²) in [4.78, 5) is 24.4. The highest BCUT2D eigenvalue weighted by Gasteiger charge is 2.15. The molecule has 3 rings (SSSR count). The van der Waals surface area contributed by atoms with Gasteiger partial charge < -0.3 is 11.1 Å². The molecule has 1 saturated carbocycles. The lowest BCUT2D eigenvalue weighted by Crippen LogP contribution is -2.33. The molecule has 0 radical (unpaired) electrons. The van der Waals surface area contributed by atoms with Crippen LogP contribution in [0.2, 0.25) is 0 Å². The third-order valence-corrected chi connectivity index (χ3v) is 4.48. The van der Waals surface area contributed by atoms with E-state index >= 15 is 0 Å². The summed E-state index contributed by atoms with van der Waals surface area (Å²) in [5, 5.41) is 15.0. The largest absolute Gasteiger partial charge is 0.366 e. The minimum absolute atomic E-state index is 0.0408. The molecular weight excluding hydrogens is 320 g/mol. The van der Waals surface area contributed by atoms with E-state index in [4.69, 9.17) is 5.73 Å². The van der Waals surface area contributed by atoms with Gasteiger partial charge in [-0.25, -0.2) is 0 Å². The minimum Gasteiger partial charge on any atom is -0.366 e. The number of hydrogen-bond acceptors (Lipinski definition) is 5. The van der Waals surface area contributed by atoms with Crippen LogP contribution >= 0.6 is 0 Å². The van der Waals surface area contributed by atoms with Crippen molar-refractivity contribution in [2.75, 3.05) is 6.54 Å². The number of nitrogens with one attached hydrogen (secondary N) is 1. The molecule has 0 bridgehead atoms. The monoisotopic (exact) mass is 342 g/mol. The van der Waals surface area contributed by atoms with Gasteiger partial charge in [-0.05, 0) is 36.1 Å². The number of carbonyl (C=O) groups is 2. The Labute approximate surface area is 145 Å². The van der Waals surface area contributed by atoms with Gasteiger partial charge in [-0.2, -0.15) is 4.80 Å². The Balaban J connectivity index is 1.53. The molecule has 0 saturated heterocycles. The molecule has 2 amide bonds. The molecule has 0 unspecified atom stereocenters. The maximum absolute atomic E-state index is 12.0. The zero-order valence-corrected chi connectivity index (χ0v) is 14.0. The van der Waals surface area contributed by atoms with Crippen molar-refractivity contribution in [1.82, 2.24) is 25.5 Å². The Morgan fingerprint density at radius 2 is 1.88 bits per heavy atom. The maximum Gasteiger partial charge on any atom is 0.248 e. The summed E-state index contributed by atoms with van der Waals surface area (Å²) in [5.74, 6) is 0.383. The topological polar surface area (TPSA) is 116 Å². The van der Waals surface area contributed by atoms with Crippen molar-refractivity contribution in [3.63, 3.8) is 0 Å². The van der Waals surface area contributed by atoms with E-state index in [1.807, 2.05) is 0 Å². The molecule has 1 heterocycles. The number of tetrazole rings is 1. The van der Waals surface area contributed by atoms with Gasteiger partial charge in [0.05, 0.1) is 0 Å². The van der Waals surface area contributed by atoms with Crippen molar-refractivity contribution < 1.29 is 9.59 Å². The number of aromatic nitrogens is 4. The summed E-state index contributed by atoms with van der Waals surface area (Å²) in [6, 6.07) is 6.61. The van der Waals surface area contributed by atoms with E-state index in [1.54, 1.807) is 24.3 Å². The van der Waals surface area contributed by atoms with E-state index in [2.05, 4.69) is 20.7 Å². The van der Waals surface area contributed by atoms with Crippen LogP contribution in [0.15, 0.2) is 24.3 Å². The average molecular weight is 342 g/mol. The van der Waals surface area contributed by atoms with Gasteiger partial charge in [0.15, 0.2) is 0 Å². The van der Waals surface area contributed by atoms with Crippen molar-refractivity contribution in [2.45, 2.75) is 38.6 Å². The number of hydrogen-bond donors (Lipinski definition) is 2. The number of nitrogens with zero attached hydrogens (tertiary/aromatic N) is 4. The lowest BCUT2D eigenvalue weighted by molar-refractivity contribution is -0.122. The molecule has 0 aliphatic heterocycles. The first-order valence-corrected chi connectivity index (χ1v) is 8.56. The molecule has 3 N–H and O–H groups in total. The highest BCUT2D eigenvalue weighted by atomic mass is 16.2. The van der Waals surface area contributed by atoms with Crippen LogP contribution in [-0.4, -0.2) is 38.6 Å². The molecule has 1 aromatic heterocycles. The van der Waals surface area contributed by atoms with Crippen molar-refractivity contribution in [3.8, 4) is 11.4 Å². The molecule has 1 aliphatic carbocycles. The molecule has 1 fully saturated rings. The fraction of sp³-hybridized carbons (Fsp3) is 0.471. The third kappa shape index (κ3) is 4.62. The molecule has 132 valence electrons. The molecule has 8 heteroatoms. The Morgan fingerprint density at radius 3 is 2.56 bits per heavy atom. The zero-order valence-electron chi connectivity index (χ0n) is 14.0. The first-order chi connectivity index (χ1) is 12.1. The van der Waals surface area contributed by atoms with Gasteiger partial charge >= 0.3 is 0 Å². The van der Waals surface area contributed by atoms with Crippen LogP contribution in [-0.2, 0) is 11.3 Å². The summed E-state index contributed by atoms with van der Waals surface area (Å²) < 4.78 is 0. The van der Waals surface area contributed by atoms with Gasteiger partial charge in [-0.15, -0.1) is 10.2 Å². The quantitative estimate of drug-likeness (QED) is 0.816. The zero-order chi connectivity index (χ0) is 17.6. The summed E-state index contributed by atoms with van der Waals surface area (Å²) in [7, 11) is 0. The van der Waals surface area contributed by atoms with Crippen LogP contribution in [0.5, 0.6) is 0 Å². The van der Waals surface area contributed by atoms with E-state index in [-0.39, 0.29) is 12.5 Å². The summed E-state index contributed by atoms with van der Waals surface area (Å²) in [5.41, 5.74) is 6.33. The summed E-state index contributed by atoms with van der Waals surface area (Å²) in [6.07, 6.45) is 6.18. The SMILES string of the molecule is NC(=O)c1ccc(-c2nnn(CC(=O)NCC3CCCCC3)n2)cc1. The Hall–Kier alpha value is -2.77. The van der Waals surface area contributed by atoms with E-state index in [0.717, 1.165) is 6.54 Å². The standard InChI is InChI=1S/C17H22N6O2/c18-16(25)13-6-8-14(9-7-13)17-20-22-23(21-17)11-15(24)19-10-12-4-2-1-3-5-12/h6-9,12H,1-5,10-11H2,(H2,18,25)(H,19,24). The van der Waals surface area contributed by atoms with Gasteiger partial charge in [-0.3, -0.25) is 9.59 Å². The van der Waals surface area contributed by atoms with Crippen molar-refractivity contribution in [3.05, 3.63) is 29.8 Å². The van der Waals surface area contributed by atoms with Crippen LogP contribution in [0.25, 0.3) is 11.4 Å². The fourth-order valence-corrected chi connectivity index (χ4v) is 3.04. The Kier molecular flexibility index (Phi) is 5.37. The van der Waals surface area contributed by atoms with Gasteiger partial charge in [-0.1, -0.05) is 31.4 Å². The predicted octanol–water partition coefficient (Wildman–Crippen LogP) is 1.14. The van der Waals surface area contributed by atoms with E-state index in [0.29, 0.717) is 22.9 Å². The maximum atomic E-state index is 12.0. The average Bonchev–Trinajstić information content (AvgIpc) is 3.09. The fourth-order valence-electron chi connectivity index (χ4n) is 3.04. The van der Waals surface area contributed by atoms with Gasteiger partial charge in [0.25, 0.3) is 0 Å². The first-order valence-electron chi connectivity index (χ1n) is 8.56. The van der Waals surface area contributed by atoms with Gasteiger partial charge in [0, 0.05) is 17.7 Å². The van der Waals surface area contributed by atoms with Gasteiger partial charge in [0.2, 0.25) is 17.6 Å². The van der Waals surface area contributed by atoms with Crippen molar-refractivity contribution >= 4 is 11.8 Å². The number of amides is 2. The molecule has 1 aliphatic rings. The van der Waals surface area contributed by atoms with E-state index in [1.165, 1.54) is 36.9 Å². The molecule has 8 nitrogen and oxygen atoms in total. The Bertz CT molecular complexity index is 734. The third-order valence-electron chi connectivity index (χ3n) is 4.48. The molecule has 0 atom stereocenters. The van der Waals surface area contributed by atoms with Crippen LogP contribution in [0.1, 0.15) is 42.5 Å². The molecule has 2 aromatic rings. The second-order valence-electron chi connectivity index (χ2n) is 6.39. The summed E-state index contributed by atoms with van der Waals surface area (Å²) >= 11 is 0. The van der Waals surface area contributed by atoms with Gasteiger partial charge in [0.1, 0.15) is 6.54 Å². The number of nitrogens with two attached hydrogens (primary N) is 1. The van der Waals surface area contributed by atoms with Crippen molar-refractivity contribution in [1.29, 1.82) is 0 Å². The van der Waals surface area contributed by atoms with E-state index < -0.39 is 5.91 Å². The second kappa shape index (κ2) is 7.87. The molecule has 1 aromatic carbocycles. The number of primary amides is 1.